The van der Waals surface area contributed by atoms with Gasteiger partial charge in [-0.25, -0.2) is 4.98 Å². The molecule has 0 bridgehead atoms. The van der Waals surface area contributed by atoms with E-state index in [1.54, 1.807) is 34.9 Å². The van der Waals surface area contributed by atoms with E-state index in [0.29, 0.717) is 38.9 Å². The highest BCUT2D eigenvalue weighted by molar-refractivity contribution is 7.98. The van der Waals surface area contributed by atoms with Crippen LogP contribution in [0.5, 0.6) is 0 Å². The molecule has 0 aliphatic carbocycles. The fourth-order valence-corrected chi connectivity index (χ4v) is 3.58. The molecule has 0 spiro atoms. The molecule has 0 unspecified atom stereocenters. The summed E-state index contributed by atoms with van der Waals surface area (Å²) in [6.45, 7) is 4.09. The zero-order valence-electron chi connectivity index (χ0n) is 13.3. The molecule has 6 heteroatoms. The number of rotatable bonds is 5. The molecule has 3 aromatic rings. The number of halogens is 1. The zero-order chi connectivity index (χ0) is 17.8. The fourth-order valence-electron chi connectivity index (χ4n) is 2.45. The van der Waals surface area contributed by atoms with Crippen molar-refractivity contribution in [2.45, 2.75) is 17.5 Å². The molecule has 0 aliphatic heterocycles. The predicted octanol–water partition coefficient (Wildman–Crippen LogP) is 4.40. The van der Waals surface area contributed by atoms with Gasteiger partial charge in [0.05, 0.1) is 22.5 Å². The average molecular weight is 368 g/mol. The van der Waals surface area contributed by atoms with Gasteiger partial charge in [-0.2, -0.15) is 5.26 Å². The van der Waals surface area contributed by atoms with Crippen molar-refractivity contribution < 1.29 is 0 Å². The SMILES string of the molecule is C=CCn1c(SCc2cccc(C#N)c2)nc2ccc(Cl)cc2c1=O. The summed E-state index contributed by atoms with van der Waals surface area (Å²) in [7, 11) is 0. The van der Waals surface area contributed by atoms with Crippen molar-refractivity contribution in [1.29, 1.82) is 5.26 Å². The molecule has 0 amide bonds. The maximum absolute atomic E-state index is 12.8. The predicted molar refractivity (Wildman–Crippen MR) is 102 cm³/mol. The van der Waals surface area contributed by atoms with E-state index in [1.807, 2.05) is 18.2 Å². The van der Waals surface area contributed by atoms with Crippen molar-refractivity contribution >= 4 is 34.3 Å². The third kappa shape index (κ3) is 3.76. The van der Waals surface area contributed by atoms with E-state index in [-0.39, 0.29) is 5.56 Å². The van der Waals surface area contributed by atoms with E-state index >= 15 is 0 Å². The molecule has 25 heavy (non-hydrogen) atoms. The standard InChI is InChI=1S/C19H14ClN3OS/c1-2-8-23-18(24)16-10-15(20)6-7-17(16)22-19(23)25-12-14-5-3-4-13(9-14)11-21/h2-7,9-10H,1,8,12H2. The molecule has 2 aromatic carbocycles. The zero-order valence-corrected chi connectivity index (χ0v) is 14.8. The van der Waals surface area contributed by atoms with Crippen LogP contribution in [0.15, 0.2) is 65.1 Å². The minimum atomic E-state index is -0.138. The highest BCUT2D eigenvalue weighted by atomic mass is 35.5. The second-order valence-corrected chi connectivity index (χ2v) is 6.74. The van der Waals surface area contributed by atoms with Crippen LogP contribution >= 0.6 is 23.4 Å². The van der Waals surface area contributed by atoms with Crippen molar-refractivity contribution in [3.8, 4) is 6.07 Å². The summed E-state index contributed by atoms with van der Waals surface area (Å²) in [6, 6.07) is 14.6. The van der Waals surface area contributed by atoms with E-state index < -0.39 is 0 Å². The molecular weight excluding hydrogens is 354 g/mol. The van der Waals surface area contributed by atoms with E-state index in [2.05, 4.69) is 17.6 Å². The molecule has 0 radical (unpaired) electrons. The van der Waals surface area contributed by atoms with E-state index in [4.69, 9.17) is 16.9 Å². The van der Waals surface area contributed by atoms with Gasteiger partial charge >= 0.3 is 0 Å². The van der Waals surface area contributed by atoms with Crippen LogP contribution < -0.4 is 5.56 Å². The number of thioether (sulfide) groups is 1. The smallest absolute Gasteiger partial charge is 0.262 e. The molecular formula is C19H14ClN3OS. The monoisotopic (exact) mass is 367 g/mol. The summed E-state index contributed by atoms with van der Waals surface area (Å²) in [4.78, 5) is 17.4. The first-order valence-electron chi connectivity index (χ1n) is 7.55. The molecule has 1 aromatic heterocycles. The average Bonchev–Trinajstić information content (AvgIpc) is 2.63. The van der Waals surface area contributed by atoms with Crippen LogP contribution in [0.3, 0.4) is 0 Å². The lowest BCUT2D eigenvalue weighted by Gasteiger charge is -2.11. The quantitative estimate of drug-likeness (QED) is 0.381. The third-order valence-corrected chi connectivity index (χ3v) is 4.90. The number of nitriles is 1. The van der Waals surface area contributed by atoms with Gasteiger partial charge < -0.3 is 0 Å². The summed E-state index contributed by atoms with van der Waals surface area (Å²) >= 11 is 7.46. The third-order valence-electron chi connectivity index (χ3n) is 3.62. The van der Waals surface area contributed by atoms with Crippen LogP contribution in [0.25, 0.3) is 10.9 Å². The van der Waals surface area contributed by atoms with Gasteiger partial charge in [0.15, 0.2) is 5.16 Å². The van der Waals surface area contributed by atoms with Crippen molar-refractivity contribution in [2.75, 3.05) is 0 Å². The topological polar surface area (TPSA) is 58.7 Å². The van der Waals surface area contributed by atoms with Crippen LogP contribution in [0.4, 0.5) is 0 Å². The number of allylic oxidation sites excluding steroid dienone is 1. The lowest BCUT2D eigenvalue weighted by atomic mass is 10.2. The Labute approximate surface area is 154 Å². The van der Waals surface area contributed by atoms with Gasteiger partial charge in [-0.05, 0) is 35.9 Å². The van der Waals surface area contributed by atoms with Gasteiger partial charge in [0.2, 0.25) is 0 Å². The number of benzene rings is 2. The molecule has 0 aliphatic rings. The van der Waals surface area contributed by atoms with Crippen LogP contribution in [0.2, 0.25) is 5.02 Å². The van der Waals surface area contributed by atoms with Gasteiger partial charge in [-0.1, -0.05) is 41.6 Å². The summed E-state index contributed by atoms with van der Waals surface area (Å²) < 4.78 is 1.59. The molecule has 0 atom stereocenters. The maximum Gasteiger partial charge on any atom is 0.262 e. The van der Waals surface area contributed by atoms with E-state index in [9.17, 15) is 4.79 Å². The van der Waals surface area contributed by atoms with Gasteiger partial charge in [0.1, 0.15) is 0 Å². The van der Waals surface area contributed by atoms with E-state index in [0.717, 1.165) is 5.56 Å². The lowest BCUT2D eigenvalue weighted by molar-refractivity contribution is 0.671. The van der Waals surface area contributed by atoms with Crippen molar-refractivity contribution in [3.63, 3.8) is 0 Å². The first-order valence-corrected chi connectivity index (χ1v) is 8.91. The van der Waals surface area contributed by atoms with Crippen LogP contribution in [0.1, 0.15) is 11.1 Å². The first-order chi connectivity index (χ1) is 12.1. The summed E-state index contributed by atoms with van der Waals surface area (Å²) in [5, 5.41) is 10.6. The Morgan fingerprint density at radius 1 is 1.32 bits per heavy atom. The number of nitrogens with zero attached hydrogens (tertiary/aromatic N) is 3. The number of aromatic nitrogens is 2. The second-order valence-electron chi connectivity index (χ2n) is 5.36. The normalized spacial score (nSPS) is 10.6. The fraction of sp³-hybridized carbons (Fsp3) is 0.105. The Hall–Kier alpha value is -2.55. The summed E-state index contributed by atoms with van der Waals surface area (Å²) in [5.41, 5.74) is 2.09. The molecule has 0 N–H and O–H groups in total. The van der Waals surface area contributed by atoms with Crippen molar-refractivity contribution in [3.05, 3.63) is 81.6 Å². The molecule has 3 rings (SSSR count). The number of hydrogen-bond donors (Lipinski definition) is 0. The van der Waals surface area contributed by atoms with E-state index in [1.165, 1.54) is 11.8 Å². The van der Waals surface area contributed by atoms with Gasteiger partial charge in [-0.15, -0.1) is 6.58 Å². The second kappa shape index (κ2) is 7.56. The largest absolute Gasteiger partial charge is 0.283 e. The minimum Gasteiger partial charge on any atom is -0.283 e. The number of hydrogen-bond acceptors (Lipinski definition) is 4. The molecule has 124 valence electrons. The Morgan fingerprint density at radius 2 is 2.16 bits per heavy atom. The molecule has 0 saturated heterocycles. The van der Waals surface area contributed by atoms with Gasteiger partial charge in [0, 0.05) is 17.3 Å². The lowest BCUT2D eigenvalue weighted by Crippen LogP contribution is -2.22. The molecule has 0 saturated carbocycles. The Bertz CT molecular complexity index is 1050. The Morgan fingerprint density at radius 3 is 2.92 bits per heavy atom. The summed E-state index contributed by atoms with van der Waals surface area (Å²) in [6.07, 6.45) is 1.67. The molecule has 0 fully saturated rings. The molecule has 4 nitrogen and oxygen atoms in total. The van der Waals surface area contributed by atoms with Crippen LogP contribution in [-0.2, 0) is 12.3 Å². The molecule has 1 heterocycles. The van der Waals surface area contributed by atoms with Crippen molar-refractivity contribution in [1.82, 2.24) is 9.55 Å². The number of fused-ring (bicyclic) bond motifs is 1. The minimum absolute atomic E-state index is 0.138. The van der Waals surface area contributed by atoms with Crippen LogP contribution in [0, 0.1) is 11.3 Å². The van der Waals surface area contributed by atoms with Crippen LogP contribution in [-0.4, -0.2) is 9.55 Å². The Kier molecular flexibility index (Phi) is 5.22. The summed E-state index contributed by atoms with van der Waals surface area (Å²) in [5.74, 6) is 0.609. The highest BCUT2D eigenvalue weighted by Crippen LogP contribution is 2.23. The van der Waals surface area contributed by atoms with Gasteiger partial charge in [-0.3, -0.25) is 9.36 Å². The van der Waals surface area contributed by atoms with Gasteiger partial charge in [0.25, 0.3) is 5.56 Å². The first kappa shape index (κ1) is 17.3. The van der Waals surface area contributed by atoms with Crippen molar-refractivity contribution in [2.24, 2.45) is 0 Å². The maximum atomic E-state index is 12.8. The Balaban J connectivity index is 2.01. The highest BCUT2D eigenvalue weighted by Gasteiger charge is 2.11.